The minimum absolute atomic E-state index is 0.0145. The maximum Gasteiger partial charge on any atom is 0.223 e. The first-order valence-corrected chi connectivity index (χ1v) is 5.89. The average molecular weight is 240 g/mol. The number of rotatable bonds is 5. The van der Waals surface area contributed by atoms with Crippen molar-refractivity contribution in [1.82, 2.24) is 10.6 Å². The van der Waals surface area contributed by atoms with Gasteiger partial charge in [-0.25, -0.2) is 0 Å². The predicted octanol–water partition coefficient (Wildman–Crippen LogP) is -0.267. The van der Waals surface area contributed by atoms with Gasteiger partial charge < -0.3 is 16.4 Å². The molecule has 1 amide bonds. The van der Waals surface area contributed by atoms with E-state index in [2.05, 4.69) is 10.6 Å². The number of Topliss-reactive ketones (excluding diaryl/α,β-unsaturated/α-hetero) is 1. The normalized spacial score (nSPS) is 23.9. The van der Waals surface area contributed by atoms with Crippen molar-refractivity contribution >= 4 is 17.6 Å². The van der Waals surface area contributed by atoms with E-state index >= 15 is 0 Å². The number of piperidine rings is 1. The summed E-state index contributed by atoms with van der Waals surface area (Å²) in [5, 5.41) is 12.4. The van der Waals surface area contributed by atoms with Gasteiger partial charge in [0.2, 0.25) is 5.91 Å². The molecule has 0 aromatic carbocycles. The van der Waals surface area contributed by atoms with E-state index in [9.17, 15) is 9.59 Å². The van der Waals surface area contributed by atoms with Crippen LogP contribution in [0, 0.1) is 11.3 Å². The van der Waals surface area contributed by atoms with Crippen LogP contribution in [0.1, 0.15) is 32.6 Å². The zero-order chi connectivity index (χ0) is 12.8. The van der Waals surface area contributed by atoms with Crippen LogP contribution in [0.3, 0.4) is 0 Å². The molecular formula is C11H20N4O2. The van der Waals surface area contributed by atoms with Crippen LogP contribution in [0.15, 0.2) is 0 Å². The van der Waals surface area contributed by atoms with E-state index in [0.717, 1.165) is 25.7 Å². The second-order valence-electron chi connectivity index (χ2n) is 4.43. The van der Waals surface area contributed by atoms with Crippen LogP contribution < -0.4 is 16.4 Å². The van der Waals surface area contributed by atoms with Crippen molar-refractivity contribution in [3.8, 4) is 0 Å². The number of carbonyl (C=O) groups excluding carboxylic acids is 2. The maximum absolute atomic E-state index is 11.7. The summed E-state index contributed by atoms with van der Waals surface area (Å²) in [7, 11) is 0. The standard InChI is InChI=1S/C11H20N4O2/c1-7(16)9-5-4-8(10(17)15-9)3-2-6-14-11(12)13/h8-9H,2-6H2,1H3,(H,15,17)(H4,12,13,14)/t8-,9-/m0/s1. The maximum atomic E-state index is 11.7. The molecule has 6 heteroatoms. The van der Waals surface area contributed by atoms with E-state index < -0.39 is 0 Å². The van der Waals surface area contributed by atoms with E-state index in [1.165, 1.54) is 6.92 Å². The zero-order valence-electron chi connectivity index (χ0n) is 10.1. The third-order valence-electron chi connectivity index (χ3n) is 3.03. The fourth-order valence-corrected chi connectivity index (χ4v) is 2.01. The van der Waals surface area contributed by atoms with Gasteiger partial charge in [-0.05, 0) is 32.6 Å². The number of amides is 1. The van der Waals surface area contributed by atoms with Gasteiger partial charge in [-0.15, -0.1) is 0 Å². The second kappa shape index (κ2) is 6.22. The van der Waals surface area contributed by atoms with Gasteiger partial charge in [0, 0.05) is 12.5 Å². The number of ketones is 1. The lowest BCUT2D eigenvalue weighted by Crippen LogP contribution is -2.47. The van der Waals surface area contributed by atoms with Crippen LogP contribution in [-0.2, 0) is 9.59 Å². The molecule has 96 valence electrons. The van der Waals surface area contributed by atoms with Crippen molar-refractivity contribution < 1.29 is 9.59 Å². The molecule has 6 nitrogen and oxygen atoms in total. The van der Waals surface area contributed by atoms with E-state index in [-0.39, 0.29) is 29.6 Å². The van der Waals surface area contributed by atoms with Crippen LogP contribution in [0.2, 0.25) is 0 Å². The lowest BCUT2D eigenvalue weighted by molar-refractivity contribution is -0.132. The molecule has 0 saturated carbocycles. The molecular weight excluding hydrogens is 220 g/mol. The van der Waals surface area contributed by atoms with Crippen LogP contribution in [0.25, 0.3) is 0 Å². The fourth-order valence-electron chi connectivity index (χ4n) is 2.01. The molecule has 1 saturated heterocycles. The Hall–Kier alpha value is -1.59. The minimum Gasteiger partial charge on any atom is -0.370 e. The molecule has 1 rings (SSSR count). The second-order valence-corrected chi connectivity index (χ2v) is 4.43. The molecule has 0 spiro atoms. The summed E-state index contributed by atoms with van der Waals surface area (Å²) in [5.74, 6) is -0.0663. The minimum atomic E-state index is -0.297. The van der Waals surface area contributed by atoms with Crippen molar-refractivity contribution in [3.05, 3.63) is 0 Å². The molecule has 0 aliphatic carbocycles. The van der Waals surface area contributed by atoms with E-state index in [0.29, 0.717) is 6.54 Å². The number of hydrogen-bond acceptors (Lipinski definition) is 3. The van der Waals surface area contributed by atoms with Crippen LogP contribution >= 0.6 is 0 Å². The Labute approximate surface area is 101 Å². The van der Waals surface area contributed by atoms with Crippen LogP contribution in [-0.4, -0.2) is 30.2 Å². The molecule has 0 unspecified atom stereocenters. The largest absolute Gasteiger partial charge is 0.370 e. The quantitative estimate of drug-likeness (QED) is 0.301. The van der Waals surface area contributed by atoms with Gasteiger partial charge in [-0.1, -0.05) is 0 Å². The summed E-state index contributed by atoms with van der Waals surface area (Å²) >= 11 is 0. The third kappa shape index (κ3) is 4.42. The number of guanidine groups is 1. The molecule has 1 heterocycles. The van der Waals surface area contributed by atoms with Crippen molar-refractivity contribution in [3.63, 3.8) is 0 Å². The topological polar surface area (TPSA) is 108 Å². The summed E-state index contributed by atoms with van der Waals surface area (Å²) in [6.45, 7) is 2.11. The lowest BCUT2D eigenvalue weighted by Gasteiger charge is -2.27. The van der Waals surface area contributed by atoms with Crippen molar-refractivity contribution in [2.24, 2.45) is 11.7 Å². The van der Waals surface area contributed by atoms with Gasteiger partial charge in [0.05, 0.1) is 6.04 Å². The van der Waals surface area contributed by atoms with Gasteiger partial charge in [0.1, 0.15) is 0 Å². The Kier molecular flexibility index (Phi) is 4.93. The van der Waals surface area contributed by atoms with Gasteiger partial charge in [-0.3, -0.25) is 15.0 Å². The SMILES string of the molecule is CC(=O)[C@@H]1CC[C@H](CCCNC(=N)N)C(=O)N1. The zero-order valence-corrected chi connectivity index (χ0v) is 10.1. The molecule has 0 aromatic heterocycles. The Balaban J connectivity index is 2.25. The molecule has 1 fully saturated rings. The van der Waals surface area contributed by atoms with Crippen LogP contribution in [0.5, 0.6) is 0 Å². The fraction of sp³-hybridized carbons (Fsp3) is 0.727. The molecule has 5 N–H and O–H groups in total. The van der Waals surface area contributed by atoms with E-state index in [1.54, 1.807) is 0 Å². The van der Waals surface area contributed by atoms with Gasteiger partial charge in [0.25, 0.3) is 0 Å². The summed E-state index contributed by atoms with van der Waals surface area (Å²) in [5.41, 5.74) is 5.15. The highest BCUT2D eigenvalue weighted by molar-refractivity contribution is 5.89. The molecule has 0 aromatic rings. The average Bonchev–Trinajstić information content (AvgIpc) is 2.25. The van der Waals surface area contributed by atoms with Crippen molar-refractivity contribution in [1.29, 1.82) is 5.41 Å². The molecule has 1 aliphatic rings. The van der Waals surface area contributed by atoms with E-state index in [4.69, 9.17) is 11.1 Å². The Morgan fingerprint density at radius 1 is 1.59 bits per heavy atom. The highest BCUT2D eigenvalue weighted by Crippen LogP contribution is 2.20. The Morgan fingerprint density at radius 3 is 2.82 bits per heavy atom. The number of nitrogens with two attached hydrogens (primary N) is 1. The highest BCUT2D eigenvalue weighted by atomic mass is 16.2. The van der Waals surface area contributed by atoms with Gasteiger partial charge >= 0.3 is 0 Å². The molecule has 2 atom stereocenters. The summed E-state index contributed by atoms with van der Waals surface area (Å²) < 4.78 is 0. The summed E-state index contributed by atoms with van der Waals surface area (Å²) in [6.07, 6.45) is 3.04. The first kappa shape index (κ1) is 13.5. The first-order chi connectivity index (χ1) is 8.00. The van der Waals surface area contributed by atoms with Crippen molar-refractivity contribution in [2.75, 3.05) is 6.54 Å². The highest BCUT2D eigenvalue weighted by Gasteiger charge is 2.29. The van der Waals surface area contributed by atoms with Gasteiger partial charge in [0.15, 0.2) is 11.7 Å². The van der Waals surface area contributed by atoms with E-state index in [1.807, 2.05) is 0 Å². The Bertz CT molecular complexity index is 317. The first-order valence-electron chi connectivity index (χ1n) is 5.89. The lowest BCUT2D eigenvalue weighted by atomic mass is 9.89. The monoisotopic (exact) mass is 240 g/mol. The summed E-state index contributed by atoms with van der Waals surface area (Å²) in [6, 6.07) is -0.297. The Morgan fingerprint density at radius 2 is 2.29 bits per heavy atom. The molecule has 17 heavy (non-hydrogen) atoms. The molecule has 0 bridgehead atoms. The third-order valence-corrected chi connectivity index (χ3v) is 3.03. The van der Waals surface area contributed by atoms with Gasteiger partial charge in [-0.2, -0.15) is 0 Å². The molecule has 0 radical (unpaired) electrons. The van der Waals surface area contributed by atoms with Crippen LogP contribution in [0.4, 0.5) is 0 Å². The van der Waals surface area contributed by atoms with Crippen molar-refractivity contribution in [2.45, 2.75) is 38.6 Å². The molecule has 1 aliphatic heterocycles. The number of carbonyl (C=O) groups is 2. The number of hydrogen-bond donors (Lipinski definition) is 4. The smallest absolute Gasteiger partial charge is 0.223 e. The summed E-state index contributed by atoms with van der Waals surface area (Å²) in [4.78, 5) is 22.8. The number of nitrogens with one attached hydrogen (secondary N) is 3. The predicted molar refractivity (Wildman–Crippen MR) is 64.5 cm³/mol.